The minimum Gasteiger partial charge on any atom is -0.475 e. The summed E-state index contributed by atoms with van der Waals surface area (Å²) in [6.07, 6.45) is 0.176. The topological polar surface area (TPSA) is 62.9 Å². The fraction of sp³-hybridized carbons (Fsp3) is 0.400. The monoisotopic (exact) mass is 275 g/mol. The number of hydrogen-bond donors (Lipinski definition) is 1. The van der Waals surface area contributed by atoms with E-state index < -0.39 is 5.97 Å². The van der Waals surface area contributed by atoms with E-state index in [0.29, 0.717) is 18.7 Å². The van der Waals surface area contributed by atoms with Gasteiger partial charge in [0.2, 0.25) is 5.76 Å². The Labute approximate surface area is 116 Å². The van der Waals surface area contributed by atoms with E-state index in [-0.39, 0.29) is 11.9 Å². The third-order valence-electron chi connectivity index (χ3n) is 3.60. The maximum absolute atomic E-state index is 11.4. The molecule has 0 spiro atoms. The van der Waals surface area contributed by atoms with Gasteiger partial charge < -0.3 is 14.3 Å². The second kappa shape index (κ2) is 5.26. The van der Waals surface area contributed by atoms with Gasteiger partial charge in [-0.15, -0.1) is 0 Å². The Morgan fingerprint density at radius 2 is 2.25 bits per heavy atom. The van der Waals surface area contributed by atoms with E-state index in [1.165, 1.54) is 0 Å². The molecule has 1 fully saturated rings. The number of furan rings is 1. The molecule has 5 heteroatoms. The maximum atomic E-state index is 11.4. The fourth-order valence-electron chi connectivity index (χ4n) is 2.69. The van der Waals surface area contributed by atoms with Crippen LogP contribution in [0.3, 0.4) is 0 Å². The SMILES string of the molecule is CC1CN(Cc2c(C(=O)O)oc3ccccc23)CCO1. The molecule has 0 saturated carbocycles. The Bertz CT molecular complexity index is 634. The Balaban J connectivity index is 1.96. The number of rotatable bonds is 3. The molecule has 20 heavy (non-hydrogen) atoms. The van der Waals surface area contributed by atoms with Crippen molar-refractivity contribution in [1.29, 1.82) is 0 Å². The molecule has 5 nitrogen and oxygen atoms in total. The van der Waals surface area contributed by atoms with Crippen molar-refractivity contribution in [2.45, 2.75) is 19.6 Å². The summed E-state index contributed by atoms with van der Waals surface area (Å²) in [4.78, 5) is 13.6. The van der Waals surface area contributed by atoms with Crippen LogP contribution < -0.4 is 0 Å². The van der Waals surface area contributed by atoms with Gasteiger partial charge in [-0.05, 0) is 13.0 Å². The normalized spacial score (nSPS) is 20.4. The molecule has 1 aromatic carbocycles. The van der Waals surface area contributed by atoms with Crippen LogP contribution in [0.15, 0.2) is 28.7 Å². The quantitative estimate of drug-likeness (QED) is 0.931. The molecule has 3 rings (SSSR count). The third-order valence-corrected chi connectivity index (χ3v) is 3.60. The maximum Gasteiger partial charge on any atom is 0.372 e. The van der Waals surface area contributed by atoms with E-state index in [9.17, 15) is 9.90 Å². The second-order valence-corrected chi connectivity index (χ2v) is 5.13. The van der Waals surface area contributed by atoms with E-state index >= 15 is 0 Å². The smallest absolute Gasteiger partial charge is 0.372 e. The van der Waals surface area contributed by atoms with Gasteiger partial charge in [-0.2, -0.15) is 0 Å². The highest BCUT2D eigenvalue weighted by Gasteiger charge is 2.24. The van der Waals surface area contributed by atoms with Crippen LogP contribution in [-0.2, 0) is 11.3 Å². The van der Waals surface area contributed by atoms with Crippen LogP contribution in [0.25, 0.3) is 11.0 Å². The Kier molecular flexibility index (Phi) is 3.46. The zero-order valence-electron chi connectivity index (χ0n) is 11.3. The number of carbonyl (C=O) groups is 1. The Morgan fingerprint density at radius 3 is 3.00 bits per heavy atom. The summed E-state index contributed by atoms with van der Waals surface area (Å²) in [7, 11) is 0. The zero-order valence-corrected chi connectivity index (χ0v) is 11.3. The first-order valence-corrected chi connectivity index (χ1v) is 6.73. The van der Waals surface area contributed by atoms with Gasteiger partial charge in [0.1, 0.15) is 5.58 Å². The molecular weight excluding hydrogens is 258 g/mol. The molecule has 1 aliphatic rings. The van der Waals surface area contributed by atoms with Crippen molar-refractivity contribution < 1.29 is 19.1 Å². The number of aromatic carboxylic acids is 1. The van der Waals surface area contributed by atoms with E-state index in [1.807, 2.05) is 25.1 Å². The molecule has 1 N–H and O–H groups in total. The van der Waals surface area contributed by atoms with Gasteiger partial charge in [0.25, 0.3) is 0 Å². The molecule has 0 aliphatic carbocycles. The number of hydrogen-bond acceptors (Lipinski definition) is 4. The van der Waals surface area contributed by atoms with Gasteiger partial charge in [-0.3, -0.25) is 4.90 Å². The second-order valence-electron chi connectivity index (χ2n) is 5.13. The van der Waals surface area contributed by atoms with Crippen LogP contribution in [-0.4, -0.2) is 41.8 Å². The standard InChI is InChI=1S/C15H17NO4/c1-10-8-16(6-7-19-10)9-12-11-4-2-3-5-13(11)20-14(12)15(17)18/h2-5,10H,6-9H2,1H3,(H,17,18). The lowest BCUT2D eigenvalue weighted by Gasteiger charge is -2.30. The highest BCUT2D eigenvalue weighted by molar-refractivity contribution is 5.95. The molecule has 0 radical (unpaired) electrons. The number of carboxylic acid groups (broad SMARTS) is 1. The summed E-state index contributed by atoms with van der Waals surface area (Å²) >= 11 is 0. The lowest BCUT2D eigenvalue weighted by molar-refractivity contribution is -0.0212. The van der Waals surface area contributed by atoms with Crippen molar-refractivity contribution in [3.8, 4) is 0 Å². The van der Waals surface area contributed by atoms with Gasteiger partial charge >= 0.3 is 5.97 Å². The minimum atomic E-state index is -1.02. The van der Waals surface area contributed by atoms with Crippen molar-refractivity contribution in [1.82, 2.24) is 4.90 Å². The zero-order chi connectivity index (χ0) is 14.1. The van der Waals surface area contributed by atoms with E-state index in [4.69, 9.17) is 9.15 Å². The summed E-state index contributed by atoms with van der Waals surface area (Å²) in [5.74, 6) is -0.970. The molecular formula is C15H17NO4. The number of benzene rings is 1. The van der Waals surface area contributed by atoms with Gasteiger partial charge in [0.15, 0.2) is 0 Å². The average molecular weight is 275 g/mol. The molecule has 1 aliphatic heterocycles. The van der Waals surface area contributed by atoms with E-state index in [0.717, 1.165) is 24.0 Å². The van der Waals surface area contributed by atoms with E-state index in [2.05, 4.69) is 4.90 Å². The predicted molar refractivity (Wildman–Crippen MR) is 73.9 cm³/mol. The highest BCUT2D eigenvalue weighted by Crippen LogP contribution is 2.27. The molecule has 2 heterocycles. The predicted octanol–water partition coefficient (Wildman–Crippen LogP) is 2.35. The average Bonchev–Trinajstić information content (AvgIpc) is 2.78. The van der Waals surface area contributed by atoms with Crippen molar-refractivity contribution in [3.05, 3.63) is 35.6 Å². The van der Waals surface area contributed by atoms with Gasteiger partial charge in [0, 0.05) is 30.6 Å². The summed E-state index contributed by atoms with van der Waals surface area (Å²) in [6.45, 7) is 4.89. The van der Waals surface area contributed by atoms with Crippen molar-refractivity contribution in [2.75, 3.05) is 19.7 Å². The number of nitrogens with zero attached hydrogens (tertiary/aromatic N) is 1. The van der Waals surface area contributed by atoms with Crippen molar-refractivity contribution in [3.63, 3.8) is 0 Å². The van der Waals surface area contributed by atoms with E-state index in [1.54, 1.807) is 6.07 Å². The molecule has 106 valence electrons. The van der Waals surface area contributed by atoms with Crippen LogP contribution in [0.5, 0.6) is 0 Å². The van der Waals surface area contributed by atoms with Crippen molar-refractivity contribution >= 4 is 16.9 Å². The summed E-state index contributed by atoms with van der Waals surface area (Å²) in [5.41, 5.74) is 1.38. The number of ether oxygens (including phenoxy) is 1. The van der Waals surface area contributed by atoms with Gasteiger partial charge in [-0.1, -0.05) is 18.2 Å². The first-order chi connectivity index (χ1) is 9.65. The number of para-hydroxylation sites is 1. The number of morpholine rings is 1. The lowest BCUT2D eigenvalue weighted by atomic mass is 10.1. The number of carboxylic acids is 1. The molecule has 1 aromatic heterocycles. The van der Waals surface area contributed by atoms with Crippen LogP contribution in [0.2, 0.25) is 0 Å². The van der Waals surface area contributed by atoms with Crippen LogP contribution >= 0.6 is 0 Å². The van der Waals surface area contributed by atoms with Gasteiger partial charge in [-0.25, -0.2) is 4.79 Å². The van der Waals surface area contributed by atoms with Crippen LogP contribution in [0, 0.1) is 0 Å². The molecule has 2 aromatic rings. The molecule has 1 saturated heterocycles. The summed E-state index contributed by atoms with van der Waals surface area (Å²) in [5, 5.41) is 10.2. The number of fused-ring (bicyclic) bond motifs is 1. The summed E-state index contributed by atoms with van der Waals surface area (Å²) < 4.78 is 11.0. The fourth-order valence-corrected chi connectivity index (χ4v) is 2.69. The Hall–Kier alpha value is -1.85. The largest absolute Gasteiger partial charge is 0.475 e. The first-order valence-electron chi connectivity index (χ1n) is 6.73. The summed E-state index contributed by atoms with van der Waals surface area (Å²) in [6, 6.07) is 7.45. The van der Waals surface area contributed by atoms with Crippen LogP contribution in [0.1, 0.15) is 23.0 Å². The molecule has 0 amide bonds. The molecule has 1 atom stereocenters. The van der Waals surface area contributed by atoms with Crippen molar-refractivity contribution in [2.24, 2.45) is 0 Å². The molecule has 0 bridgehead atoms. The first kappa shape index (κ1) is 13.1. The lowest BCUT2D eigenvalue weighted by Crippen LogP contribution is -2.40. The Morgan fingerprint density at radius 1 is 1.45 bits per heavy atom. The molecule has 1 unspecified atom stereocenters. The highest BCUT2D eigenvalue weighted by atomic mass is 16.5. The van der Waals surface area contributed by atoms with Crippen LogP contribution in [0.4, 0.5) is 0 Å². The third kappa shape index (κ3) is 2.42. The van der Waals surface area contributed by atoms with Gasteiger partial charge in [0.05, 0.1) is 12.7 Å². The minimum absolute atomic E-state index is 0.0466.